The van der Waals surface area contributed by atoms with E-state index >= 15 is 0 Å². The quantitative estimate of drug-likeness (QED) is 0.776. The average Bonchev–Trinajstić information content (AvgIpc) is 2.25. The van der Waals surface area contributed by atoms with Gasteiger partial charge in [-0.1, -0.05) is 30.3 Å². The molecule has 86 valence electrons. The number of carbonyl (C=O) groups is 1. The van der Waals surface area contributed by atoms with Crippen molar-refractivity contribution in [3.63, 3.8) is 0 Å². The van der Waals surface area contributed by atoms with Gasteiger partial charge in [-0.2, -0.15) is 0 Å². The summed E-state index contributed by atoms with van der Waals surface area (Å²) < 4.78 is 5.64. The Morgan fingerprint density at radius 3 is 2.44 bits per heavy atom. The van der Waals surface area contributed by atoms with Crippen molar-refractivity contribution < 1.29 is 14.6 Å². The van der Waals surface area contributed by atoms with E-state index < -0.39 is 5.97 Å². The third-order valence-corrected chi connectivity index (χ3v) is 1.96. The predicted octanol–water partition coefficient (Wildman–Crippen LogP) is 2.79. The summed E-state index contributed by atoms with van der Waals surface area (Å²) in [6.07, 6.45) is 2.40. The van der Waals surface area contributed by atoms with E-state index in [1.54, 1.807) is 6.08 Å². The lowest BCUT2D eigenvalue weighted by Crippen LogP contribution is -2.09. The summed E-state index contributed by atoms with van der Waals surface area (Å²) in [7, 11) is 0. The van der Waals surface area contributed by atoms with Crippen molar-refractivity contribution in [3.05, 3.63) is 48.0 Å². The van der Waals surface area contributed by atoms with E-state index in [0.717, 1.165) is 11.6 Å². The number of aliphatic carboxylic acids is 1. The third kappa shape index (κ3) is 4.28. The van der Waals surface area contributed by atoms with Gasteiger partial charge >= 0.3 is 5.97 Å². The Hall–Kier alpha value is -1.61. The average molecular weight is 220 g/mol. The van der Waals surface area contributed by atoms with Gasteiger partial charge in [-0.05, 0) is 25.5 Å². The predicted molar refractivity (Wildman–Crippen MR) is 62.2 cm³/mol. The minimum Gasteiger partial charge on any atom is -0.478 e. The van der Waals surface area contributed by atoms with Gasteiger partial charge in [0.2, 0.25) is 0 Å². The summed E-state index contributed by atoms with van der Waals surface area (Å²) in [5.74, 6) is -0.965. The van der Waals surface area contributed by atoms with Gasteiger partial charge in [-0.25, -0.2) is 4.79 Å². The highest BCUT2D eigenvalue weighted by molar-refractivity contribution is 5.79. The van der Waals surface area contributed by atoms with Crippen molar-refractivity contribution in [2.24, 2.45) is 0 Å². The molecule has 0 bridgehead atoms. The van der Waals surface area contributed by atoms with Crippen LogP contribution in [0.15, 0.2) is 42.5 Å². The minimum absolute atomic E-state index is 0.0450. The lowest BCUT2D eigenvalue weighted by molar-refractivity contribution is -0.131. The van der Waals surface area contributed by atoms with E-state index in [9.17, 15) is 4.79 Å². The molecule has 1 atom stereocenters. The van der Waals surface area contributed by atoms with Crippen molar-refractivity contribution in [2.75, 3.05) is 0 Å². The van der Waals surface area contributed by atoms with Crippen LogP contribution < -0.4 is 0 Å². The number of benzene rings is 1. The van der Waals surface area contributed by atoms with Gasteiger partial charge < -0.3 is 9.84 Å². The van der Waals surface area contributed by atoms with Gasteiger partial charge in [0.25, 0.3) is 0 Å². The van der Waals surface area contributed by atoms with Crippen molar-refractivity contribution in [1.82, 2.24) is 0 Å². The van der Waals surface area contributed by atoms with E-state index in [4.69, 9.17) is 9.84 Å². The van der Waals surface area contributed by atoms with Gasteiger partial charge in [-0.15, -0.1) is 0 Å². The molecule has 1 aromatic rings. The molecule has 1 aromatic carbocycles. The van der Waals surface area contributed by atoms with Gasteiger partial charge in [0, 0.05) is 6.08 Å². The molecule has 1 unspecified atom stereocenters. The first-order valence-electron chi connectivity index (χ1n) is 5.21. The van der Waals surface area contributed by atoms with Crippen LogP contribution >= 0.6 is 0 Å². The number of rotatable bonds is 5. The lowest BCUT2D eigenvalue weighted by atomic mass is 10.1. The highest BCUT2D eigenvalue weighted by atomic mass is 16.5. The molecule has 0 radical (unpaired) electrons. The summed E-state index contributed by atoms with van der Waals surface area (Å²) in [4.78, 5) is 10.5. The molecular formula is C13H16O3. The van der Waals surface area contributed by atoms with Crippen molar-refractivity contribution >= 4 is 5.97 Å². The van der Waals surface area contributed by atoms with Gasteiger partial charge in [0.1, 0.15) is 6.10 Å². The standard InChI is InChI=1S/C13H16O3/c1-10(2)16-12(8-9-13(14)15)11-6-4-3-5-7-11/h3-10,12H,1-2H3,(H,14,15). The molecule has 0 aliphatic rings. The Morgan fingerprint density at radius 2 is 1.94 bits per heavy atom. The molecule has 16 heavy (non-hydrogen) atoms. The number of hydrogen-bond acceptors (Lipinski definition) is 2. The zero-order valence-corrected chi connectivity index (χ0v) is 9.46. The van der Waals surface area contributed by atoms with Crippen LogP contribution in [0.4, 0.5) is 0 Å². The monoisotopic (exact) mass is 220 g/mol. The highest BCUT2D eigenvalue weighted by Crippen LogP contribution is 2.20. The second-order valence-electron chi connectivity index (χ2n) is 3.71. The maximum absolute atomic E-state index is 10.5. The number of carboxylic acids is 1. The SMILES string of the molecule is CC(C)OC(C=CC(=O)O)c1ccccc1. The fourth-order valence-electron chi connectivity index (χ4n) is 1.34. The maximum Gasteiger partial charge on any atom is 0.328 e. The molecule has 0 saturated carbocycles. The molecule has 0 saturated heterocycles. The van der Waals surface area contributed by atoms with Crippen LogP contribution in [-0.2, 0) is 9.53 Å². The molecule has 0 spiro atoms. The van der Waals surface area contributed by atoms with Crippen LogP contribution in [0.2, 0.25) is 0 Å². The zero-order chi connectivity index (χ0) is 12.0. The summed E-state index contributed by atoms with van der Waals surface area (Å²) in [6, 6.07) is 9.55. The van der Waals surface area contributed by atoms with Crippen molar-refractivity contribution in [1.29, 1.82) is 0 Å². The van der Waals surface area contributed by atoms with E-state index in [1.807, 2.05) is 44.2 Å². The first-order valence-corrected chi connectivity index (χ1v) is 5.21. The minimum atomic E-state index is -0.965. The van der Waals surface area contributed by atoms with Gasteiger partial charge in [0.05, 0.1) is 6.10 Å². The molecule has 0 aliphatic carbocycles. The van der Waals surface area contributed by atoms with Gasteiger partial charge in [0.15, 0.2) is 0 Å². The van der Waals surface area contributed by atoms with Gasteiger partial charge in [-0.3, -0.25) is 0 Å². The molecule has 3 nitrogen and oxygen atoms in total. The van der Waals surface area contributed by atoms with Crippen LogP contribution in [0.3, 0.4) is 0 Å². The lowest BCUT2D eigenvalue weighted by Gasteiger charge is -2.17. The number of carboxylic acid groups (broad SMARTS) is 1. The Balaban J connectivity index is 2.83. The highest BCUT2D eigenvalue weighted by Gasteiger charge is 2.10. The second-order valence-corrected chi connectivity index (χ2v) is 3.71. The molecule has 3 heteroatoms. The molecular weight excluding hydrogens is 204 g/mol. The van der Waals surface area contributed by atoms with Crippen molar-refractivity contribution in [2.45, 2.75) is 26.1 Å². The number of ether oxygens (including phenoxy) is 1. The summed E-state index contributed by atoms with van der Waals surface area (Å²) in [6.45, 7) is 3.84. The molecule has 0 amide bonds. The molecule has 0 aliphatic heterocycles. The summed E-state index contributed by atoms with van der Waals surface area (Å²) >= 11 is 0. The molecule has 1 N–H and O–H groups in total. The first kappa shape index (κ1) is 12.5. The second kappa shape index (κ2) is 6.08. The third-order valence-electron chi connectivity index (χ3n) is 1.96. The Kier molecular flexibility index (Phi) is 4.73. The number of hydrogen-bond donors (Lipinski definition) is 1. The summed E-state index contributed by atoms with van der Waals surface area (Å²) in [5, 5.41) is 8.60. The van der Waals surface area contributed by atoms with Crippen LogP contribution in [-0.4, -0.2) is 17.2 Å². The van der Waals surface area contributed by atoms with Crippen LogP contribution in [0.1, 0.15) is 25.5 Å². The topological polar surface area (TPSA) is 46.5 Å². The fraction of sp³-hybridized carbons (Fsp3) is 0.308. The first-order chi connectivity index (χ1) is 7.59. The van der Waals surface area contributed by atoms with Crippen LogP contribution in [0.5, 0.6) is 0 Å². The zero-order valence-electron chi connectivity index (χ0n) is 9.46. The van der Waals surface area contributed by atoms with E-state index in [-0.39, 0.29) is 12.2 Å². The van der Waals surface area contributed by atoms with E-state index in [0.29, 0.717) is 0 Å². The largest absolute Gasteiger partial charge is 0.478 e. The Labute approximate surface area is 95.4 Å². The van der Waals surface area contributed by atoms with E-state index in [1.165, 1.54) is 0 Å². The molecule has 0 aromatic heterocycles. The molecule has 0 fully saturated rings. The van der Waals surface area contributed by atoms with E-state index in [2.05, 4.69) is 0 Å². The summed E-state index contributed by atoms with van der Waals surface area (Å²) in [5.41, 5.74) is 0.953. The maximum atomic E-state index is 10.5. The Morgan fingerprint density at radius 1 is 1.31 bits per heavy atom. The van der Waals surface area contributed by atoms with Crippen molar-refractivity contribution in [3.8, 4) is 0 Å². The fourth-order valence-corrected chi connectivity index (χ4v) is 1.34. The van der Waals surface area contributed by atoms with Crippen LogP contribution in [0.25, 0.3) is 0 Å². The normalized spacial score (nSPS) is 13.2. The molecule has 0 heterocycles. The Bertz CT molecular complexity index is 355. The molecule has 1 rings (SSSR count). The smallest absolute Gasteiger partial charge is 0.328 e. The van der Waals surface area contributed by atoms with Crippen LogP contribution in [0, 0.1) is 0 Å².